The number of para-hydroxylation sites is 1. The van der Waals surface area contributed by atoms with E-state index >= 15 is 0 Å². The Morgan fingerprint density at radius 2 is 1.90 bits per heavy atom. The second kappa shape index (κ2) is 8.29. The Balaban J connectivity index is 1.61. The molecular formula is C21H19N3O5S2. The molecule has 1 aromatic heterocycles. The summed E-state index contributed by atoms with van der Waals surface area (Å²) in [5.41, 5.74) is 0.699. The molecule has 0 bridgehead atoms. The van der Waals surface area contributed by atoms with Crippen LogP contribution in [0, 0.1) is 0 Å². The zero-order valence-electron chi connectivity index (χ0n) is 16.5. The SMILES string of the molecule is CC(OC(=O)c1nccc2c(S(N)(=O)=O)cccc12)C(=O)N1CCSc2ccccc21. The Labute approximate surface area is 183 Å². The molecule has 0 spiro atoms. The van der Waals surface area contributed by atoms with Crippen LogP contribution in [0.2, 0.25) is 0 Å². The highest BCUT2D eigenvalue weighted by atomic mass is 32.2. The molecule has 1 amide bonds. The summed E-state index contributed by atoms with van der Waals surface area (Å²) in [6.07, 6.45) is 0.250. The van der Waals surface area contributed by atoms with Gasteiger partial charge < -0.3 is 9.64 Å². The Morgan fingerprint density at radius 3 is 2.68 bits per heavy atom. The van der Waals surface area contributed by atoms with Crippen LogP contribution in [-0.4, -0.2) is 43.7 Å². The van der Waals surface area contributed by atoms with Crippen LogP contribution in [0.4, 0.5) is 5.69 Å². The average Bonchev–Trinajstić information content (AvgIpc) is 2.76. The lowest BCUT2D eigenvalue weighted by Gasteiger charge is -2.30. The summed E-state index contributed by atoms with van der Waals surface area (Å²) in [4.78, 5) is 32.4. The smallest absolute Gasteiger partial charge is 0.358 e. The number of aromatic nitrogens is 1. The van der Waals surface area contributed by atoms with Crippen molar-refractivity contribution in [1.82, 2.24) is 4.98 Å². The number of hydrogen-bond acceptors (Lipinski definition) is 7. The highest BCUT2D eigenvalue weighted by Gasteiger charge is 2.29. The van der Waals surface area contributed by atoms with Crippen LogP contribution >= 0.6 is 11.8 Å². The van der Waals surface area contributed by atoms with Gasteiger partial charge in [-0.25, -0.2) is 23.3 Å². The standard InChI is InChI=1S/C21H19N3O5S2/c1-13(20(25)24-11-12-30-17-7-3-2-6-16(17)24)29-21(26)19-15-5-4-8-18(31(22,27)28)14(15)9-10-23-19/h2-10,13H,11-12H2,1H3,(H2,22,27,28). The number of sulfonamides is 1. The number of anilines is 1. The number of benzene rings is 2. The number of primary sulfonamides is 1. The van der Waals surface area contributed by atoms with Crippen LogP contribution in [0.15, 0.2) is 64.5 Å². The van der Waals surface area contributed by atoms with E-state index < -0.39 is 22.1 Å². The Morgan fingerprint density at radius 1 is 1.13 bits per heavy atom. The molecule has 1 aliphatic rings. The summed E-state index contributed by atoms with van der Waals surface area (Å²) >= 11 is 1.67. The van der Waals surface area contributed by atoms with Gasteiger partial charge in [-0.1, -0.05) is 24.3 Å². The van der Waals surface area contributed by atoms with Crippen molar-refractivity contribution in [1.29, 1.82) is 0 Å². The maximum Gasteiger partial charge on any atom is 0.358 e. The zero-order valence-corrected chi connectivity index (χ0v) is 18.2. The zero-order chi connectivity index (χ0) is 22.2. The van der Waals surface area contributed by atoms with E-state index in [-0.39, 0.29) is 27.3 Å². The maximum absolute atomic E-state index is 13.0. The Kier molecular flexibility index (Phi) is 5.69. The molecule has 2 heterocycles. The van der Waals surface area contributed by atoms with E-state index in [0.29, 0.717) is 6.54 Å². The Bertz CT molecular complexity index is 1290. The van der Waals surface area contributed by atoms with E-state index in [1.165, 1.54) is 31.3 Å². The molecule has 1 aliphatic heterocycles. The third kappa shape index (κ3) is 4.14. The molecule has 0 aliphatic carbocycles. The van der Waals surface area contributed by atoms with Gasteiger partial charge in [-0.05, 0) is 31.2 Å². The van der Waals surface area contributed by atoms with Gasteiger partial charge in [0.1, 0.15) is 0 Å². The lowest BCUT2D eigenvalue weighted by molar-refractivity contribution is -0.126. The quantitative estimate of drug-likeness (QED) is 0.598. The summed E-state index contributed by atoms with van der Waals surface area (Å²) in [5.74, 6) is -0.422. The molecule has 3 aromatic rings. The molecule has 0 fully saturated rings. The fourth-order valence-corrected chi connectivity index (χ4v) is 5.22. The fraction of sp³-hybridized carbons (Fsp3) is 0.190. The van der Waals surface area contributed by atoms with Gasteiger partial charge in [-0.2, -0.15) is 0 Å². The molecule has 31 heavy (non-hydrogen) atoms. The van der Waals surface area contributed by atoms with Gasteiger partial charge in [0.05, 0.1) is 10.6 Å². The molecule has 10 heteroatoms. The number of hydrogen-bond donors (Lipinski definition) is 1. The van der Waals surface area contributed by atoms with Crippen LogP contribution in [0.3, 0.4) is 0 Å². The van der Waals surface area contributed by atoms with Crippen molar-refractivity contribution in [3.05, 3.63) is 60.4 Å². The average molecular weight is 458 g/mol. The molecule has 8 nitrogen and oxygen atoms in total. The first-order valence-corrected chi connectivity index (χ1v) is 12.0. The molecule has 0 saturated carbocycles. The number of carbonyl (C=O) groups excluding carboxylic acids is 2. The fourth-order valence-electron chi connectivity index (χ4n) is 3.47. The number of fused-ring (bicyclic) bond motifs is 2. The number of rotatable bonds is 4. The van der Waals surface area contributed by atoms with Crippen molar-refractivity contribution in [3.63, 3.8) is 0 Å². The van der Waals surface area contributed by atoms with Gasteiger partial charge >= 0.3 is 5.97 Å². The monoisotopic (exact) mass is 457 g/mol. The van der Waals surface area contributed by atoms with Gasteiger partial charge in [0.15, 0.2) is 11.8 Å². The number of amides is 1. The van der Waals surface area contributed by atoms with Crippen molar-refractivity contribution >= 4 is 50.1 Å². The number of ether oxygens (including phenoxy) is 1. The van der Waals surface area contributed by atoms with Crippen LogP contribution in [-0.2, 0) is 19.6 Å². The largest absolute Gasteiger partial charge is 0.448 e. The van der Waals surface area contributed by atoms with Crippen LogP contribution in [0.1, 0.15) is 17.4 Å². The second-order valence-corrected chi connectivity index (χ2v) is 9.58. The number of thioether (sulfide) groups is 1. The van der Waals surface area contributed by atoms with Gasteiger partial charge in [-0.3, -0.25) is 4.79 Å². The molecule has 160 valence electrons. The number of carbonyl (C=O) groups is 2. The van der Waals surface area contributed by atoms with Gasteiger partial charge in [0, 0.05) is 34.2 Å². The van der Waals surface area contributed by atoms with E-state index in [4.69, 9.17) is 9.88 Å². The van der Waals surface area contributed by atoms with Gasteiger partial charge in [0.2, 0.25) is 10.0 Å². The van der Waals surface area contributed by atoms with E-state index in [0.717, 1.165) is 16.3 Å². The number of nitrogens with two attached hydrogens (primary N) is 1. The third-order valence-corrected chi connectivity index (χ3v) is 6.90. The first-order valence-electron chi connectivity index (χ1n) is 9.42. The van der Waals surface area contributed by atoms with E-state index in [9.17, 15) is 18.0 Å². The molecule has 1 unspecified atom stereocenters. The summed E-state index contributed by atoms with van der Waals surface area (Å²) in [5, 5.41) is 5.81. The predicted molar refractivity (Wildman–Crippen MR) is 118 cm³/mol. The summed E-state index contributed by atoms with van der Waals surface area (Å²) in [6, 6.07) is 13.4. The highest BCUT2D eigenvalue weighted by molar-refractivity contribution is 7.99. The van der Waals surface area contributed by atoms with Gasteiger partial charge in [0.25, 0.3) is 5.91 Å². The Hall–Kier alpha value is -2.95. The van der Waals surface area contributed by atoms with Crippen LogP contribution in [0.5, 0.6) is 0 Å². The summed E-state index contributed by atoms with van der Waals surface area (Å²) < 4.78 is 29.1. The first kappa shape index (κ1) is 21.3. The molecule has 0 radical (unpaired) electrons. The van der Waals surface area contributed by atoms with E-state index in [1.807, 2.05) is 24.3 Å². The van der Waals surface area contributed by atoms with Crippen molar-refractivity contribution < 1.29 is 22.7 Å². The van der Waals surface area contributed by atoms with Gasteiger partial charge in [-0.15, -0.1) is 11.8 Å². The van der Waals surface area contributed by atoms with Crippen molar-refractivity contribution in [2.24, 2.45) is 5.14 Å². The topological polar surface area (TPSA) is 120 Å². The van der Waals surface area contributed by atoms with Crippen LogP contribution < -0.4 is 10.0 Å². The summed E-state index contributed by atoms with van der Waals surface area (Å²) in [6.45, 7) is 2.01. The molecule has 1 atom stereocenters. The normalized spacial score (nSPS) is 14.7. The minimum absolute atomic E-state index is 0.0859. The third-order valence-electron chi connectivity index (χ3n) is 4.89. The van der Waals surface area contributed by atoms with Crippen molar-refractivity contribution in [2.45, 2.75) is 22.8 Å². The second-order valence-electron chi connectivity index (χ2n) is 6.91. The highest BCUT2D eigenvalue weighted by Crippen LogP contribution is 2.34. The number of nitrogens with zero attached hydrogens (tertiary/aromatic N) is 2. The minimum atomic E-state index is -3.99. The van der Waals surface area contributed by atoms with Crippen molar-refractivity contribution in [2.75, 3.05) is 17.2 Å². The number of esters is 1. The van der Waals surface area contributed by atoms with Crippen LogP contribution in [0.25, 0.3) is 10.8 Å². The molecule has 2 aromatic carbocycles. The van der Waals surface area contributed by atoms with Crippen molar-refractivity contribution in [3.8, 4) is 0 Å². The molecule has 2 N–H and O–H groups in total. The lowest BCUT2D eigenvalue weighted by Crippen LogP contribution is -2.42. The lowest BCUT2D eigenvalue weighted by atomic mass is 10.1. The molecule has 0 saturated heterocycles. The summed E-state index contributed by atoms with van der Waals surface area (Å²) in [7, 11) is -3.99. The first-order chi connectivity index (χ1) is 14.8. The number of pyridine rings is 1. The minimum Gasteiger partial charge on any atom is -0.448 e. The molecular weight excluding hydrogens is 438 g/mol. The van der Waals surface area contributed by atoms with E-state index in [2.05, 4.69) is 4.98 Å². The van der Waals surface area contributed by atoms with E-state index in [1.54, 1.807) is 22.7 Å². The predicted octanol–water partition coefficient (Wildman–Crippen LogP) is 2.57. The molecule has 4 rings (SSSR count). The maximum atomic E-state index is 13.0.